The van der Waals surface area contributed by atoms with Gasteiger partial charge in [-0.25, -0.2) is 0 Å². The van der Waals surface area contributed by atoms with Crippen LogP contribution in [0.5, 0.6) is 0 Å². The molecule has 0 radical (unpaired) electrons. The minimum atomic E-state index is -0.701. The van der Waals surface area contributed by atoms with Crippen LogP contribution in [0.15, 0.2) is 24.5 Å². The Labute approximate surface area is 145 Å². The Balaban J connectivity index is 1.92. The number of carbonyl (C=O) groups is 1. The quantitative estimate of drug-likeness (QED) is 0.646. The van der Waals surface area contributed by atoms with E-state index in [4.69, 9.17) is 0 Å². The van der Waals surface area contributed by atoms with Crippen molar-refractivity contribution in [3.05, 3.63) is 30.1 Å². The number of unbranched alkanes of at least 4 members (excludes halogenated alkanes) is 3. The smallest absolute Gasteiger partial charge is 0.220 e. The van der Waals surface area contributed by atoms with E-state index in [1.165, 1.54) is 25.7 Å². The molecule has 0 unspecified atom stereocenters. The van der Waals surface area contributed by atoms with Crippen LogP contribution in [0.2, 0.25) is 0 Å². The Bertz CT molecular complexity index is 475. The first kappa shape index (κ1) is 18.9. The van der Waals surface area contributed by atoms with Crippen molar-refractivity contribution in [3.63, 3.8) is 0 Å². The highest BCUT2D eigenvalue weighted by Crippen LogP contribution is 2.19. The number of rotatable bonds is 10. The minimum Gasteiger partial charge on any atom is -0.386 e. The molecule has 2 rings (SSSR count). The number of carbonyl (C=O) groups excluding carboxylic acids is 1. The van der Waals surface area contributed by atoms with Crippen LogP contribution in [-0.4, -0.2) is 46.6 Å². The van der Waals surface area contributed by atoms with Gasteiger partial charge in [0.1, 0.15) is 6.10 Å². The van der Waals surface area contributed by atoms with E-state index in [0.717, 1.165) is 31.5 Å². The van der Waals surface area contributed by atoms with Crippen molar-refractivity contribution < 1.29 is 9.90 Å². The fourth-order valence-electron chi connectivity index (χ4n) is 3.25. The molecule has 5 heteroatoms. The monoisotopic (exact) mass is 333 g/mol. The van der Waals surface area contributed by atoms with Crippen LogP contribution >= 0.6 is 0 Å². The topological polar surface area (TPSA) is 65.5 Å². The largest absolute Gasteiger partial charge is 0.386 e. The van der Waals surface area contributed by atoms with Crippen LogP contribution < -0.4 is 5.32 Å². The Morgan fingerprint density at radius 2 is 1.96 bits per heavy atom. The first-order valence-corrected chi connectivity index (χ1v) is 9.30. The van der Waals surface area contributed by atoms with Gasteiger partial charge in [0.05, 0.1) is 6.04 Å². The lowest BCUT2D eigenvalue weighted by Crippen LogP contribution is -2.46. The maximum atomic E-state index is 12.3. The van der Waals surface area contributed by atoms with Crippen LogP contribution in [0.4, 0.5) is 0 Å². The van der Waals surface area contributed by atoms with Gasteiger partial charge in [0.25, 0.3) is 0 Å². The van der Waals surface area contributed by atoms with Crippen LogP contribution in [0, 0.1) is 0 Å². The number of hydrogen-bond donors (Lipinski definition) is 2. The highest BCUT2D eigenvalue weighted by molar-refractivity contribution is 5.76. The lowest BCUT2D eigenvalue weighted by atomic mass is 10.0. The molecule has 0 saturated carbocycles. The summed E-state index contributed by atoms with van der Waals surface area (Å²) >= 11 is 0. The summed E-state index contributed by atoms with van der Waals surface area (Å²) in [5, 5.41) is 13.8. The minimum absolute atomic E-state index is 0.0448. The molecule has 0 bridgehead atoms. The van der Waals surface area contributed by atoms with Gasteiger partial charge < -0.3 is 15.3 Å². The maximum absolute atomic E-state index is 12.3. The van der Waals surface area contributed by atoms with Gasteiger partial charge in [-0.3, -0.25) is 9.78 Å². The van der Waals surface area contributed by atoms with Crippen molar-refractivity contribution in [1.29, 1.82) is 0 Å². The number of likely N-dealkylation sites (tertiary alicyclic amines) is 1. The Morgan fingerprint density at radius 3 is 2.62 bits per heavy atom. The fraction of sp³-hybridized carbons (Fsp3) is 0.684. The van der Waals surface area contributed by atoms with Gasteiger partial charge in [0.15, 0.2) is 0 Å². The highest BCUT2D eigenvalue weighted by atomic mass is 16.3. The van der Waals surface area contributed by atoms with E-state index in [1.54, 1.807) is 12.4 Å². The van der Waals surface area contributed by atoms with Crippen LogP contribution in [0.3, 0.4) is 0 Å². The molecule has 0 aliphatic carbocycles. The first-order valence-electron chi connectivity index (χ1n) is 9.30. The van der Waals surface area contributed by atoms with E-state index < -0.39 is 6.10 Å². The predicted molar refractivity (Wildman–Crippen MR) is 95.6 cm³/mol. The molecule has 2 atom stereocenters. The number of aliphatic hydroxyl groups excluding tert-OH is 1. The highest BCUT2D eigenvalue weighted by Gasteiger charge is 2.26. The summed E-state index contributed by atoms with van der Waals surface area (Å²) in [6, 6.07) is 3.36. The molecular weight excluding hydrogens is 302 g/mol. The normalized spacial score (nSPS) is 17.6. The third-order valence-electron chi connectivity index (χ3n) is 4.69. The second-order valence-corrected chi connectivity index (χ2v) is 6.72. The summed E-state index contributed by atoms with van der Waals surface area (Å²) < 4.78 is 0. The third kappa shape index (κ3) is 6.21. The molecule has 1 fully saturated rings. The van der Waals surface area contributed by atoms with Gasteiger partial charge in [-0.05, 0) is 50.0 Å². The van der Waals surface area contributed by atoms with Crippen molar-refractivity contribution in [1.82, 2.24) is 15.2 Å². The molecule has 2 N–H and O–H groups in total. The van der Waals surface area contributed by atoms with Crippen molar-refractivity contribution in [3.8, 4) is 0 Å². The van der Waals surface area contributed by atoms with Gasteiger partial charge in [0.2, 0.25) is 5.91 Å². The molecule has 24 heavy (non-hydrogen) atoms. The Kier molecular flexibility index (Phi) is 8.19. The Morgan fingerprint density at radius 1 is 1.25 bits per heavy atom. The molecule has 1 aliphatic rings. The number of hydrogen-bond acceptors (Lipinski definition) is 4. The van der Waals surface area contributed by atoms with Crippen LogP contribution in [0.1, 0.15) is 63.5 Å². The van der Waals surface area contributed by atoms with E-state index in [2.05, 4.69) is 22.1 Å². The molecule has 1 saturated heterocycles. The molecule has 0 aromatic carbocycles. The van der Waals surface area contributed by atoms with Crippen LogP contribution in [0.25, 0.3) is 0 Å². The number of nitrogens with one attached hydrogen (secondary N) is 1. The van der Waals surface area contributed by atoms with Crippen molar-refractivity contribution in [2.45, 2.75) is 64.0 Å². The van der Waals surface area contributed by atoms with Crippen LogP contribution in [-0.2, 0) is 4.79 Å². The first-order chi connectivity index (χ1) is 11.7. The lowest BCUT2D eigenvalue weighted by molar-refractivity contribution is -0.123. The predicted octanol–water partition coefficient (Wildman–Crippen LogP) is 2.67. The van der Waals surface area contributed by atoms with Gasteiger partial charge in [-0.15, -0.1) is 0 Å². The number of pyridine rings is 1. The van der Waals surface area contributed by atoms with Gasteiger partial charge in [0, 0.05) is 25.4 Å². The second kappa shape index (κ2) is 10.4. The maximum Gasteiger partial charge on any atom is 0.220 e. The van der Waals surface area contributed by atoms with Gasteiger partial charge in [-0.1, -0.05) is 26.2 Å². The van der Waals surface area contributed by atoms with E-state index >= 15 is 0 Å². The van der Waals surface area contributed by atoms with Crippen molar-refractivity contribution >= 4 is 5.91 Å². The van der Waals surface area contributed by atoms with E-state index in [-0.39, 0.29) is 11.9 Å². The number of amides is 1. The summed E-state index contributed by atoms with van der Waals surface area (Å²) in [4.78, 5) is 18.6. The van der Waals surface area contributed by atoms with E-state index in [1.807, 2.05) is 12.1 Å². The van der Waals surface area contributed by atoms with Gasteiger partial charge in [-0.2, -0.15) is 0 Å². The molecule has 1 aliphatic heterocycles. The fourth-order valence-corrected chi connectivity index (χ4v) is 3.25. The molecule has 0 spiro atoms. The summed E-state index contributed by atoms with van der Waals surface area (Å²) in [5.41, 5.74) is 0.806. The average molecular weight is 333 g/mol. The lowest BCUT2D eigenvalue weighted by Gasteiger charge is -2.28. The Hall–Kier alpha value is -1.46. The summed E-state index contributed by atoms with van der Waals surface area (Å²) in [6.45, 7) is 4.96. The summed E-state index contributed by atoms with van der Waals surface area (Å²) in [6.07, 6.45) is 9.94. The number of aromatic nitrogens is 1. The SMILES string of the molecule is CCCCCCC(=O)N[C@@H](CN1CCCC1)[C@@H](O)c1ccncc1. The number of aliphatic hydroxyl groups is 1. The molecule has 2 heterocycles. The molecule has 1 aromatic heterocycles. The molecule has 1 amide bonds. The molecule has 1 aromatic rings. The van der Waals surface area contributed by atoms with E-state index in [0.29, 0.717) is 13.0 Å². The van der Waals surface area contributed by atoms with Gasteiger partial charge >= 0.3 is 0 Å². The number of nitrogens with zero attached hydrogens (tertiary/aromatic N) is 2. The van der Waals surface area contributed by atoms with Crippen molar-refractivity contribution in [2.75, 3.05) is 19.6 Å². The zero-order chi connectivity index (χ0) is 17.2. The summed E-state index contributed by atoms with van der Waals surface area (Å²) in [5.74, 6) is 0.0448. The molecule has 5 nitrogen and oxygen atoms in total. The average Bonchev–Trinajstić information content (AvgIpc) is 3.11. The zero-order valence-corrected chi connectivity index (χ0v) is 14.8. The standard InChI is InChI=1S/C19H31N3O2/c1-2-3-4-5-8-18(23)21-17(15-22-13-6-7-14-22)19(24)16-9-11-20-12-10-16/h9-12,17,19,24H,2-8,13-15H2,1H3,(H,21,23)/t17-,19-/m0/s1. The molecule has 134 valence electrons. The zero-order valence-electron chi connectivity index (χ0n) is 14.8. The third-order valence-corrected chi connectivity index (χ3v) is 4.69. The van der Waals surface area contributed by atoms with E-state index in [9.17, 15) is 9.90 Å². The summed E-state index contributed by atoms with van der Waals surface area (Å²) in [7, 11) is 0. The molecular formula is C19H31N3O2. The van der Waals surface area contributed by atoms with Crippen molar-refractivity contribution in [2.24, 2.45) is 0 Å². The second-order valence-electron chi connectivity index (χ2n) is 6.72.